The first-order chi connectivity index (χ1) is 12.1. The fourth-order valence-corrected chi connectivity index (χ4v) is 1.96. The Morgan fingerprint density at radius 2 is 1.60 bits per heavy atom. The molecule has 0 saturated carbocycles. The normalized spacial score (nSPS) is 9.04. The first kappa shape index (κ1) is 17.3. The van der Waals surface area contributed by atoms with Crippen LogP contribution in [-0.2, 0) is 0 Å². The molecular formula is C19H12N4O2. The minimum absolute atomic E-state index is 0.172. The number of hydrogen-bond acceptors (Lipinski definition) is 6. The molecule has 2 aromatic rings. The van der Waals surface area contributed by atoms with Gasteiger partial charge in [0.15, 0.2) is 5.57 Å². The number of ether oxygens (including phenoxy) is 1. The first-order valence-electron chi connectivity index (χ1n) is 7.18. The molecule has 2 rings (SSSR count). The number of nitriles is 3. The highest BCUT2D eigenvalue weighted by atomic mass is 16.5. The number of allylic oxidation sites excluding steroid dienone is 2. The molecule has 6 nitrogen and oxygen atoms in total. The molecule has 0 saturated heterocycles. The van der Waals surface area contributed by atoms with Gasteiger partial charge < -0.3 is 10.1 Å². The Morgan fingerprint density at radius 1 is 0.960 bits per heavy atom. The van der Waals surface area contributed by atoms with Gasteiger partial charge in [-0.05, 0) is 31.2 Å². The summed E-state index contributed by atoms with van der Waals surface area (Å²) in [7, 11) is 0. The Hall–Kier alpha value is -4.08. The molecule has 0 amide bonds. The maximum atomic E-state index is 12.4. The summed E-state index contributed by atoms with van der Waals surface area (Å²) in [4.78, 5) is 12.4. The monoisotopic (exact) mass is 328 g/mol. The number of benzene rings is 2. The number of aryl methyl sites for hydroxylation is 1. The molecule has 0 spiro atoms. The summed E-state index contributed by atoms with van der Waals surface area (Å²) in [5.74, 6) is -0.240. The number of carbonyl (C=O) groups is 1. The molecule has 0 aliphatic rings. The second-order valence-corrected chi connectivity index (χ2v) is 4.96. The van der Waals surface area contributed by atoms with E-state index < -0.39 is 5.97 Å². The number of nitrogens with one attached hydrogen (secondary N) is 1. The van der Waals surface area contributed by atoms with E-state index in [1.54, 1.807) is 48.5 Å². The molecule has 0 unspecified atom stereocenters. The van der Waals surface area contributed by atoms with Crippen LogP contribution in [0.2, 0.25) is 0 Å². The molecule has 0 aliphatic carbocycles. The Balaban J connectivity index is 2.32. The predicted octanol–water partition coefficient (Wildman–Crippen LogP) is 3.45. The molecular weight excluding hydrogens is 316 g/mol. The molecule has 0 atom stereocenters. The van der Waals surface area contributed by atoms with E-state index >= 15 is 0 Å². The Kier molecular flexibility index (Phi) is 5.50. The summed E-state index contributed by atoms with van der Waals surface area (Å²) in [5.41, 5.74) is 0.862. The van der Waals surface area contributed by atoms with Crippen LogP contribution in [0.1, 0.15) is 15.9 Å². The Bertz CT molecular complexity index is 939. The fraction of sp³-hybridized carbons (Fsp3) is 0.0526. The summed E-state index contributed by atoms with van der Waals surface area (Å²) in [6.07, 6.45) is 0. The molecule has 2 aromatic carbocycles. The zero-order valence-corrected chi connectivity index (χ0v) is 13.3. The van der Waals surface area contributed by atoms with E-state index in [9.17, 15) is 4.79 Å². The number of esters is 1. The van der Waals surface area contributed by atoms with Crippen LogP contribution in [0.15, 0.2) is 59.8 Å². The van der Waals surface area contributed by atoms with Crippen molar-refractivity contribution in [2.45, 2.75) is 6.92 Å². The van der Waals surface area contributed by atoms with Gasteiger partial charge in [-0.1, -0.05) is 29.8 Å². The third-order valence-electron chi connectivity index (χ3n) is 3.22. The van der Waals surface area contributed by atoms with E-state index in [0.717, 1.165) is 5.56 Å². The molecule has 1 N–H and O–H groups in total. The summed E-state index contributed by atoms with van der Waals surface area (Å²) < 4.78 is 5.32. The second kappa shape index (κ2) is 7.97. The molecule has 25 heavy (non-hydrogen) atoms. The van der Waals surface area contributed by atoms with Gasteiger partial charge in [0.2, 0.25) is 0 Å². The van der Waals surface area contributed by atoms with Crippen molar-refractivity contribution >= 4 is 11.7 Å². The van der Waals surface area contributed by atoms with Crippen molar-refractivity contribution < 1.29 is 9.53 Å². The van der Waals surface area contributed by atoms with Gasteiger partial charge in [-0.2, -0.15) is 15.8 Å². The third-order valence-corrected chi connectivity index (χ3v) is 3.22. The van der Waals surface area contributed by atoms with Crippen LogP contribution < -0.4 is 10.1 Å². The van der Waals surface area contributed by atoms with Crippen molar-refractivity contribution in [2.75, 3.05) is 5.32 Å². The van der Waals surface area contributed by atoms with Crippen molar-refractivity contribution in [2.24, 2.45) is 0 Å². The summed E-state index contributed by atoms with van der Waals surface area (Å²) in [5, 5.41) is 29.5. The molecule has 0 fully saturated rings. The minimum atomic E-state index is -0.625. The van der Waals surface area contributed by atoms with Crippen molar-refractivity contribution in [3.8, 4) is 24.0 Å². The van der Waals surface area contributed by atoms with Gasteiger partial charge in [0.1, 0.15) is 29.7 Å². The molecule has 0 bridgehead atoms. The number of rotatable bonds is 4. The van der Waals surface area contributed by atoms with E-state index in [4.69, 9.17) is 20.5 Å². The minimum Gasteiger partial charge on any atom is -0.423 e. The quantitative estimate of drug-likeness (QED) is 0.523. The molecule has 120 valence electrons. The highest BCUT2D eigenvalue weighted by Gasteiger charge is 2.15. The fourth-order valence-electron chi connectivity index (χ4n) is 1.96. The Morgan fingerprint density at radius 3 is 2.20 bits per heavy atom. The largest absolute Gasteiger partial charge is 0.423 e. The maximum Gasteiger partial charge on any atom is 0.345 e. The van der Waals surface area contributed by atoms with Crippen molar-refractivity contribution in [1.29, 1.82) is 15.8 Å². The van der Waals surface area contributed by atoms with Crippen molar-refractivity contribution in [1.82, 2.24) is 0 Å². The lowest BCUT2D eigenvalue weighted by Crippen LogP contribution is -2.12. The van der Waals surface area contributed by atoms with Crippen LogP contribution in [-0.4, -0.2) is 5.97 Å². The average molecular weight is 328 g/mol. The van der Waals surface area contributed by atoms with Crippen LogP contribution in [0.5, 0.6) is 5.75 Å². The Labute approximate surface area is 144 Å². The average Bonchev–Trinajstić information content (AvgIpc) is 2.64. The van der Waals surface area contributed by atoms with Crippen LogP contribution in [0.3, 0.4) is 0 Å². The molecule has 0 aromatic heterocycles. The summed E-state index contributed by atoms with van der Waals surface area (Å²) in [6.45, 7) is 1.92. The van der Waals surface area contributed by atoms with Gasteiger partial charge >= 0.3 is 5.97 Å². The van der Waals surface area contributed by atoms with Gasteiger partial charge in [-0.25, -0.2) is 4.79 Å². The number of nitrogens with zero attached hydrogens (tertiary/aromatic N) is 3. The highest BCUT2D eigenvalue weighted by Crippen LogP contribution is 2.21. The molecule has 0 heterocycles. The summed E-state index contributed by atoms with van der Waals surface area (Å²) in [6, 6.07) is 18.4. The number of hydrogen-bond donors (Lipinski definition) is 1. The van der Waals surface area contributed by atoms with Gasteiger partial charge in [0, 0.05) is 0 Å². The number of para-hydroxylation sites is 1. The summed E-state index contributed by atoms with van der Waals surface area (Å²) >= 11 is 0. The van der Waals surface area contributed by atoms with E-state index in [-0.39, 0.29) is 22.5 Å². The van der Waals surface area contributed by atoms with Gasteiger partial charge in [0.25, 0.3) is 0 Å². The van der Waals surface area contributed by atoms with Crippen LogP contribution in [0.25, 0.3) is 0 Å². The molecule has 0 aliphatic heterocycles. The van der Waals surface area contributed by atoms with Crippen LogP contribution in [0, 0.1) is 40.9 Å². The first-order valence-corrected chi connectivity index (χ1v) is 7.18. The molecule has 0 radical (unpaired) electrons. The zero-order chi connectivity index (χ0) is 18.2. The standard InChI is InChI=1S/C19H12N4O2/c1-13-6-8-15(9-7-13)25-19(24)16-4-2-3-5-17(16)23-18(12-22)14(10-20)11-21/h2-9,23H,1H3. The van der Waals surface area contributed by atoms with Crippen LogP contribution >= 0.6 is 0 Å². The van der Waals surface area contributed by atoms with Crippen molar-refractivity contribution in [3.05, 3.63) is 70.9 Å². The maximum absolute atomic E-state index is 12.4. The van der Waals surface area contributed by atoms with E-state index in [1.165, 1.54) is 6.07 Å². The van der Waals surface area contributed by atoms with E-state index in [2.05, 4.69) is 5.32 Å². The number of carbonyl (C=O) groups excluding carboxylic acids is 1. The topological polar surface area (TPSA) is 110 Å². The van der Waals surface area contributed by atoms with Crippen LogP contribution in [0.4, 0.5) is 5.69 Å². The zero-order valence-electron chi connectivity index (χ0n) is 13.3. The lowest BCUT2D eigenvalue weighted by atomic mass is 10.1. The molecule has 6 heteroatoms. The smallest absolute Gasteiger partial charge is 0.345 e. The lowest BCUT2D eigenvalue weighted by Gasteiger charge is -2.11. The second-order valence-electron chi connectivity index (χ2n) is 4.96. The predicted molar refractivity (Wildman–Crippen MR) is 90.1 cm³/mol. The number of anilines is 1. The third kappa shape index (κ3) is 4.22. The lowest BCUT2D eigenvalue weighted by molar-refractivity contribution is 0.0736. The van der Waals surface area contributed by atoms with E-state index in [1.807, 2.05) is 19.1 Å². The van der Waals surface area contributed by atoms with Gasteiger partial charge in [0.05, 0.1) is 11.3 Å². The van der Waals surface area contributed by atoms with Gasteiger partial charge in [-0.3, -0.25) is 0 Å². The highest BCUT2D eigenvalue weighted by molar-refractivity contribution is 5.97. The van der Waals surface area contributed by atoms with E-state index in [0.29, 0.717) is 5.75 Å². The van der Waals surface area contributed by atoms with Crippen molar-refractivity contribution in [3.63, 3.8) is 0 Å². The van der Waals surface area contributed by atoms with Gasteiger partial charge in [-0.15, -0.1) is 0 Å². The SMILES string of the molecule is Cc1ccc(OC(=O)c2ccccc2NC(C#N)=C(C#N)C#N)cc1.